The summed E-state index contributed by atoms with van der Waals surface area (Å²) in [7, 11) is 0. The van der Waals surface area contributed by atoms with Gasteiger partial charge in [-0.3, -0.25) is 0 Å². The number of hydrogen-bond donors (Lipinski definition) is 2. The van der Waals surface area contributed by atoms with Gasteiger partial charge in [-0.15, -0.1) is 0 Å². The van der Waals surface area contributed by atoms with Gasteiger partial charge in [0.05, 0.1) is 23.4 Å². The number of nitrogens with zero attached hydrogens (tertiary/aromatic N) is 2. The summed E-state index contributed by atoms with van der Waals surface area (Å²) in [4.78, 5) is 10.5. The average molecular weight is 404 g/mol. The van der Waals surface area contributed by atoms with Gasteiger partial charge in [0.1, 0.15) is 0 Å². The summed E-state index contributed by atoms with van der Waals surface area (Å²) in [6.45, 7) is 1.53. The van der Waals surface area contributed by atoms with Crippen molar-refractivity contribution in [3.63, 3.8) is 0 Å². The molecule has 0 fully saturated rings. The maximum absolute atomic E-state index is 10.0. The van der Waals surface area contributed by atoms with Gasteiger partial charge in [-0.25, -0.2) is 4.98 Å². The lowest BCUT2D eigenvalue weighted by molar-refractivity contribution is 0.262. The molecule has 0 saturated heterocycles. The van der Waals surface area contributed by atoms with E-state index in [1.165, 1.54) is 5.56 Å². The fourth-order valence-electron chi connectivity index (χ4n) is 3.76. The first-order chi connectivity index (χ1) is 12.6. The van der Waals surface area contributed by atoms with Crippen LogP contribution in [0.5, 0.6) is 0 Å². The molecular weight excluding hydrogens is 389 g/mol. The minimum Gasteiger partial charge on any atom is -0.396 e. The molecule has 4 nitrogen and oxygen atoms in total. The van der Waals surface area contributed by atoms with Crippen LogP contribution in [0, 0.1) is 0 Å². The average Bonchev–Trinajstić information content (AvgIpc) is 3.21. The zero-order chi connectivity index (χ0) is 17.8. The fraction of sp³-hybridized carbons (Fsp3) is 0.211. The van der Waals surface area contributed by atoms with Crippen molar-refractivity contribution in [2.45, 2.75) is 12.5 Å². The van der Waals surface area contributed by atoms with E-state index in [9.17, 15) is 5.11 Å². The van der Waals surface area contributed by atoms with E-state index in [-0.39, 0.29) is 12.5 Å². The number of anilines is 1. The highest BCUT2D eigenvalue weighted by molar-refractivity contribution is 7.22. The lowest BCUT2D eigenvalue weighted by atomic mass is 9.93. The van der Waals surface area contributed by atoms with Gasteiger partial charge >= 0.3 is 0 Å². The quantitative estimate of drug-likeness (QED) is 0.484. The van der Waals surface area contributed by atoms with Crippen LogP contribution in [-0.4, -0.2) is 28.2 Å². The Labute approximate surface area is 164 Å². The molecule has 1 aliphatic heterocycles. The largest absolute Gasteiger partial charge is 0.396 e. The van der Waals surface area contributed by atoms with Gasteiger partial charge in [0.15, 0.2) is 5.13 Å². The summed E-state index contributed by atoms with van der Waals surface area (Å²) < 4.78 is 1.07. The van der Waals surface area contributed by atoms with Crippen LogP contribution in [0.2, 0.25) is 10.0 Å². The second-order valence-electron chi connectivity index (χ2n) is 6.58. The van der Waals surface area contributed by atoms with Crippen LogP contribution in [0.15, 0.2) is 36.4 Å². The molecule has 0 amide bonds. The summed E-state index contributed by atoms with van der Waals surface area (Å²) in [5.41, 5.74) is 4.29. The van der Waals surface area contributed by atoms with Gasteiger partial charge in [0, 0.05) is 39.1 Å². The first kappa shape index (κ1) is 16.4. The van der Waals surface area contributed by atoms with Crippen LogP contribution in [0.4, 0.5) is 5.13 Å². The third-order valence-corrected chi connectivity index (χ3v) is 6.46. The maximum atomic E-state index is 10.0. The van der Waals surface area contributed by atoms with Gasteiger partial charge in [-0.1, -0.05) is 34.5 Å². The highest BCUT2D eigenvalue weighted by Crippen LogP contribution is 2.39. The van der Waals surface area contributed by atoms with Gasteiger partial charge < -0.3 is 15.0 Å². The Morgan fingerprint density at radius 1 is 1.19 bits per heavy atom. The Bertz CT molecular complexity index is 1140. The van der Waals surface area contributed by atoms with E-state index in [0.29, 0.717) is 5.02 Å². The lowest BCUT2D eigenvalue weighted by Gasteiger charge is -2.32. The Hall–Kier alpha value is -1.79. The van der Waals surface area contributed by atoms with Crippen molar-refractivity contribution in [3.8, 4) is 0 Å². The second-order valence-corrected chi connectivity index (χ2v) is 8.46. The Kier molecular flexibility index (Phi) is 3.87. The molecule has 26 heavy (non-hydrogen) atoms. The third-order valence-electron chi connectivity index (χ3n) is 4.91. The number of aliphatic hydroxyl groups excluding tert-OH is 1. The molecule has 7 heteroatoms. The smallest absolute Gasteiger partial charge is 0.186 e. The minimum absolute atomic E-state index is 0.0153. The number of hydrogen-bond acceptors (Lipinski definition) is 4. The van der Waals surface area contributed by atoms with Gasteiger partial charge in [0.2, 0.25) is 0 Å². The maximum Gasteiger partial charge on any atom is 0.186 e. The second kappa shape index (κ2) is 6.13. The zero-order valence-corrected chi connectivity index (χ0v) is 16.0. The fourth-order valence-corrected chi connectivity index (χ4v) is 5.18. The number of H-pyrrole nitrogens is 1. The molecule has 2 aromatic heterocycles. The summed E-state index contributed by atoms with van der Waals surface area (Å²) in [5.74, 6) is 0.0153. The van der Waals surface area contributed by atoms with Crippen molar-refractivity contribution in [1.82, 2.24) is 9.97 Å². The van der Waals surface area contributed by atoms with Crippen molar-refractivity contribution in [2.75, 3.05) is 18.1 Å². The zero-order valence-electron chi connectivity index (χ0n) is 13.7. The molecular formula is C19H15Cl2N3OS. The molecule has 0 saturated carbocycles. The Morgan fingerprint density at radius 3 is 2.85 bits per heavy atom. The van der Waals surface area contributed by atoms with Crippen LogP contribution in [0.1, 0.15) is 17.2 Å². The summed E-state index contributed by atoms with van der Waals surface area (Å²) in [6.07, 6.45) is 0. The molecule has 1 unspecified atom stereocenters. The van der Waals surface area contributed by atoms with Crippen molar-refractivity contribution in [1.29, 1.82) is 0 Å². The lowest BCUT2D eigenvalue weighted by Crippen LogP contribution is -2.34. The molecule has 0 radical (unpaired) electrons. The number of rotatable bonds is 2. The SMILES string of the molecule is OCC1CN(c2nc3ccc(Cl)cc3s2)Cc2[nH]c3ccc(Cl)cc3c21. The van der Waals surface area contributed by atoms with Gasteiger partial charge in [0.25, 0.3) is 0 Å². The van der Waals surface area contributed by atoms with Crippen molar-refractivity contribution < 1.29 is 5.11 Å². The molecule has 2 aromatic carbocycles. The van der Waals surface area contributed by atoms with Crippen molar-refractivity contribution in [2.24, 2.45) is 0 Å². The summed E-state index contributed by atoms with van der Waals surface area (Å²) in [6, 6.07) is 11.6. The monoisotopic (exact) mass is 403 g/mol. The van der Waals surface area contributed by atoms with Gasteiger partial charge in [-0.2, -0.15) is 0 Å². The first-order valence-corrected chi connectivity index (χ1v) is 9.91. The normalized spacial score (nSPS) is 17.2. The summed E-state index contributed by atoms with van der Waals surface area (Å²) >= 11 is 13.9. The standard InChI is InChI=1S/C19H15Cl2N3OS/c20-11-1-3-14-13(5-11)18-10(9-25)7-24(8-16(18)22-14)19-23-15-4-2-12(21)6-17(15)26-19/h1-6,10,22,25H,7-9H2. The Balaban J connectivity index is 1.59. The van der Waals surface area contributed by atoms with Crippen molar-refractivity contribution >= 4 is 60.8 Å². The molecule has 4 aromatic rings. The van der Waals surface area contributed by atoms with Crippen LogP contribution in [0.25, 0.3) is 21.1 Å². The summed E-state index contributed by atoms with van der Waals surface area (Å²) in [5, 5.41) is 13.5. The first-order valence-electron chi connectivity index (χ1n) is 8.34. The van der Waals surface area contributed by atoms with E-state index in [4.69, 9.17) is 28.2 Å². The molecule has 132 valence electrons. The predicted octanol–water partition coefficient (Wildman–Crippen LogP) is 5.18. The minimum atomic E-state index is 0.0153. The molecule has 0 aliphatic carbocycles. The molecule has 0 spiro atoms. The van der Waals surface area contributed by atoms with E-state index >= 15 is 0 Å². The number of nitrogens with one attached hydrogen (secondary N) is 1. The van der Waals surface area contributed by atoms with Crippen LogP contribution < -0.4 is 4.90 Å². The molecule has 1 atom stereocenters. The molecule has 0 bridgehead atoms. The van der Waals surface area contributed by atoms with Gasteiger partial charge in [-0.05, 0) is 42.0 Å². The third kappa shape index (κ3) is 2.58. The van der Waals surface area contributed by atoms with E-state index in [0.717, 1.165) is 50.1 Å². The molecule has 2 N–H and O–H groups in total. The van der Waals surface area contributed by atoms with E-state index < -0.39 is 0 Å². The number of thiazole rings is 1. The van der Waals surface area contributed by atoms with Crippen LogP contribution >= 0.6 is 34.5 Å². The molecule has 5 rings (SSSR count). The number of aromatic nitrogens is 2. The highest BCUT2D eigenvalue weighted by Gasteiger charge is 2.30. The van der Waals surface area contributed by atoms with E-state index in [1.807, 2.05) is 36.4 Å². The number of fused-ring (bicyclic) bond motifs is 4. The molecule has 1 aliphatic rings. The van der Waals surface area contributed by atoms with Crippen LogP contribution in [0.3, 0.4) is 0 Å². The number of halogens is 2. The Morgan fingerprint density at radius 2 is 2.00 bits per heavy atom. The highest BCUT2D eigenvalue weighted by atomic mass is 35.5. The van der Waals surface area contributed by atoms with E-state index in [1.54, 1.807) is 11.3 Å². The predicted molar refractivity (Wildman–Crippen MR) is 109 cm³/mol. The molecule has 3 heterocycles. The number of aliphatic hydroxyl groups is 1. The van der Waals surface area contributed by atoms with Crippen LogP contribution in [-0.2, 0) is 6.54 Å². The number of aromatic amines is 1. The number of benzene rings is 2. The van der Waals surface area contributed by atoms with E-state index in [2.05, 4.69) is 9.88 Å². The topological polar surface area (TPSA) is 52.1 Å². The van der Waals surface area contributed by atoms with Crippen molar-refractivity contribution in [3.05, 3.63) is 57.7 Å².